The van der Waals surface area contributed by atoms with Crippen LogP contribution in [0.1, 0.15) is 38.5 Å². The van der Waals surface area contributed by atoms with Gasteiger partial charge in [-0.1, -0.05) is 37.4 Å². The van der Waals surface area contributed by atoms with Crippen molar-refractivity contribution in [3.05, 3.63) is 36.3 Å². The summed E-state index contributed by atoms with van der Waals surface area (Å²) >= 11 is 1.18. The molecule has 0 aliphatic heterocycles. The van der Waals surface area contributed by atoms with E-state index in [-0.39, 0.29) is 17.5 Å². The minimum Gasteiger partial charge on any atom is -0.431 e. The van der Waals surface area contributed by atoms with E-state index >= 15 is 0 Å². The summed E-state index contributed by atoms with van der Waals surface area (Å²) in [7, 11) is 0. The Labute approximate surface area is 156 Å². The molecule has 1 saturated carbocycles. The van der Waals surface area contributed by atoms with E-state index in [4.69, 9.17) is 4.42 Å². The van der Waals surface area contributed by atoms with Gasteiger partial charge >= 0.3 is 0 Å². The molecule has 3 rings (SSSR count). The summed E-state index contributed by atoms with van der Waals surface area (Å²) in [5.74, 6) is 0.141. The van der Waals surface area contributed by atoms with Crippen molar-refractivity contribution in [1.82, 2.24) is 10.3 Å². The van der Waals surface area contributed by atoms with Gasteiger partial charge in [-0.3, -0.25) is 4.79 Å². The van der Waals surface area contributed by atoms with Gasteiger partial charge in [-0.25, -0.2) is 9.37 Å². The van der Waals surface area contributed by atoms with Crippen molar-refractivity contribution in [2.45, 2.75) is 49.3 Å². The predicted molar refractivity (Wildman–Crippen MR) is 96.8 cm³/mol. The minimum absolute atomic E-state index is 0.132. The Bertz CT molecular complexity index is 790. The van der Waals surface area contributed by atoms with Crippen molar-refractivity contribution >= 4 is 17.7 Å². The molecule has 0 saturated heterocycles. The highest BCUT2D eigenvalue weighted by atomic mass is 32.2. The number of halogens is 1. The summed E-state index contributed by atoms with van der Waals surface area (Å²) in [6.07, 6.45) is 7.09. The van der Waals surface area contributed by atoms with Crippen LogP contribution in [0.25, 0.3) is 11.3 Å². The second-order valence-electron chi connectivity index (χ2n) is 6.44. The zero-order chi connectivity index (χ0) is 18.4. The molecular formula is C19H20FN3O2S. The molecule has 2 aromatic rings. The second-order valence-corrected chi connectivity index (χ2v) is 7.37. The monoisotopic (exact) mass is 373 g/mol. The van der Waals surface area contributed by atoms with Gasteiger partial charge in [0.05, 0.1) is 18.0 Å². The van der Waals surface area contributed by atoms with Crippen molar-refractivity contribution in [2.75, 3.05) is 5.75 Å². The molecule has 1 aliphatic rings. The number of rotatable bonds is 5. The van der Waals surface area contributed by atoms with E-state index in [1.807, 2.05) is 0 Å². The van der Waals surface area contributed by atoms with Gasteiger partial charge in [0.1, 0.15) is 11.4 Å². The molecule has 136 valence electrons. The van der Waals surface area contributed by atoms with Crippen LogP contribution in [0, 0.1) is 17.1 Å². The molecule has 1 heterocycles. The van der Waals surface area contributed by atoms with Gasteiger partial charge in [0.15, 0.2) is 5.76 Å². The van der Waals surface area contributed by atoms with Gasteiger partial charge in [-0.2, -0.15) is 5.26 Å². The normalized spacial score (nSPS) is 16.5. The maximum Gasteiger partial charge on any atom is 0.256 e. The maximum absolute atomic E-state index is 13.0. The third-order valence-corrected chi connectivity index (χ3v) is 5.33. The number of nitriles is 1. The molecule has 0 unspecified atom stereocenters. The average molecular weight is 373 g/mol. The lowest BCUT2D eigenvalue weighted by Crippen LogP contribution is -2.47. The smallest absolute Gasteiger partial charge is 0.256 e. The van der Waals surface area contributed by atoms with E-state index in [0.29, 0.717) is 23.8 Å². The predicted octanol–water partition coefficient (Wildman–Crippen LogP) is 4.31. The molecule has 0 bridgehead atoms. The van der Waals surface area contributed by atoms with E-state index in [0.717, 1.165) is 31.2 Å². The fourth-order valence-electron chi connectivity index (χ4n) is 3.10. The van der Waals surface area contributed by atoms with Crippen molar-refractivity contribution in [2.24, 2.45) is 0 Å². The summed E-state index contributed by atoms with van der Waals surface area (Å²) in [6, 6.07) is 8.23. The van der Waals surface area contributed by atoms with Crippen molar-refractivity contribution in [3.63, 3.8) is 0 Å². The summed E-state index contributed by atoms with van der Waals surface area (Å²) < 4.78 is 18.6. The molecule has 1 aromatic heterocycles. The SMILES string of the molecule is N#CC1(NC(=O)CSc2ncc(-c3ccc(F)cc3)o2)CCCCCC1. The molecular weight excluding hydrogens is 353 g/mol. The van der Waals surface area contributed by atoms with E-state index in [9.17, 15) is 14.4 Å². The average Bonchev–Trinajstić information content (AvgIpc) is 3.00. The quantitative estimate of drug-likeness (QED) is 0.624. The van der Waals surface area contributed by atoms with Gasteiger partial charge in [-0.05, 0) is 37.1 Å². The number of amides is 1. The highest BCUT2D eigenvalue weighted by molar-refractivity contribution is 7.99. The zero-order valence-electron chi connectivity index (χ0n) is 14.3. The third kappa shape index (κ3) is 4.64. The number of hydrogen-bond acceptors (Lipinski definition) is 5. The summed E-state index contributed by atoms with van der Waals surface area (Å²) in [5, 5.41) is 12.8. The summed E-state index contributed by atoms with van der Waals surface area (Å²) in [4.78, 5) is 16.4. The van der Waals surface area contributed by atoms with Gasteiger partial charge in [-0.15, -0.1) is 0 Å². The van der Waals surface area contributed by atoms with Gasteiger partial charge in [0.25, 0.3) is 5.22 Å². The topological polar surface area (TPSA) is 78.9 Å². The van der Waals surface area contributed by atoms with E-state index in [1.54, 1.807) is 18.3 Å². The maximum atomic E-state index is 13.0. The first kappa shape index (κ1) is 18.5. The van der Waals surface area contributed by atoms with Gasteiger partial charge in [0.2, 0.25) is 5.91 Å². The largest absolute Gasteiger partial charge is 0.431 e. The zero-order valence-corrected chi connectivity index (χ0v) is 15.2. The molecule has 7 heteroatoms. The number of aromatic nitrogens is 1. The molecule has 0 spiro atoms. The Balaban J connectivity index is 1.56. The minimum atomic E-state index is -0.746. The molecule has 0 radical (unpaired) electrons. The van der Waals surface area contributed by atoms with Crippen molar-refractivity contribution < 1.29 is 13.6 Å². The van der Waals surface area contributed by atoms with Crippen LogP contribution in [0.3, 0.4) is 0 Å². The van der Waals surface area contributed by atoms with Crippen LogP contribution in [-0.2, 0) is 4.79 Å². The van der Waals surface area contributed by atoms with Crippen molar-refractivity contribution in [3.8, 4) is 17.4 Å². The lowest BCUT2D eigenvalue weighted by molar-refractivity contribution is -0.120. The van der Waals surface area contributed by atoms with Crippen LogP contribution in [0.5, 0.6) is 0 Å². The highest BCUT2D eigenvalue weighted by Gasteiger charge is 2.32. The first-order valence-corrected chi connectivity index (χ1v) is 9.66. The Morgan fingerprint density at radius 1 is 1.27 bits per heavy atom. The second kappa shape index (κ2) is 8.37. The standard InChI is InChI=1S/C19H20FN3O2S/c20-15-7-5-14(6-8-15)16-11-22-18(25-16)26-12-17(24)23-19(13-21)9-3-1-2-4-10-19/h5-8,11H,1-4,9-10,12H2,(H,23,24). The molecule has 1 amide bonds. The number of carbonyl (C=O) groups excluding carboxylic acids is 1. The number of oxazole rings is 1. The lowest BCUT2D eigenvalue weighted by Gasteiger charge is -2.26. The number of nitrogens with one attached hydrogen (secondary N) is 1. The number of carbonyl (C=O) groups is 1. The van der Waals surface area contributed by atoms with E-state index < -0.39 is 5.54 Å². The number of thioether (sulfide) groups is 1. The van der Waals surface area contributed by atoms with Crippen LogP contribution in [-0.4, -0.2) is 22.2 Å². The fraction of sp³-hybridized carbons (Fsp3) is 0.421. The summed E-state index contributed by atoms with van der Waals surface area (Å²) in [6.45, 7) is 0. The van der Waals surface area contributed by atoms with Crippen LogP contribution >= 0.6 is 11.8 Å². The van der Waals surface area contributed by atoms with Crippen LogP contribution in [0.15, 0.2) is 40.1 Å². The molecule has 1 fully saturated rings. The van der Waals surface area contributed by atoms with E-state index in [2.05, 4.69) is 16.4 Å². The molecule has 0 atom stereocenters. The Hall–Kier alpha value is -2.33. The molecule has 1 N–H and O–H groups in total. The van der Waals surface area contributed by atoms with Gasteiger partial charge in [0, 0.05) is 5.56 Å². The van der Waals surface area contributed by atoms with E-state index in [1.165, 1.54) is 23.9 Å². The molecule has 26 heavy (non-hydrogen) atoms. The third-order valence-electron chi connectivity index (χ3n) is 4.49. The Kier molecular flexibility index (Phi) is 5.94. The molecule has 5 nitrogen and oxygen atoms in total. The van der Waals surface area contributed by atoms with Crippen molar-refractivity contribution in [1.29, 1.82) is 5.26 Å². The number of nitrogens with zero attached hydrogens (tertiary/aromatic N) is 2. The van der Waals surface area contributed by atoms with Crippen LogP contribution < -0.4 is 5.32 Å². The Morgan fingerprint density at radius 2 is 1.96 bits per heavy atom. The summed E-state index contributed by atoms with van der Waals surface area (Å²) in [5.41, 5.74) is -0.0265. The van der Waals surface area contributed by atoms with Gasteiger partial charge < -0.3 is 9.73 Å². The lowest BCUT2D eigenvalue weighted by atomic mass is 9.92. The first-order valence-electron chi connectivity index (χ1n) is 8.67. The number of hydrogen-bond donors (Lipinski definition) is 1. The molecule has 1 aromatic carbocycles. The van der Waals surface area contributed by atoms with Crippen LogP contribution in [0.4, 0.5) is 4.39 Å². The first-order chi connectivity index (χ1) is 12.6. The number of benzene rings is 1. The fourth-order valence-corrected chi connectivity index (χ4v) is 3.70. The van der Waals surface area contributed by atoms with Crippen LogP contribution in [0.2, 0.25) is 0 Å². The molecule has 1 aliphatic carbocycles. The Morgan fingerprint density at radius 3 is 2.62 bits per heavy atom. The highest BCUT2D eigenvalue weighted by Crippen LogP contribution is 2.28.